The third kappa shape index (κ3) is 2.61. The Labute approximate surface area is 85.6 Å². The van der Waals surface area contributed by atoms with Gasteiger partial charge in [-0.15, -0.1) is 0 Å². The van der Waals surface area contributed by atoms with E-state index in [1.54, 1.807) is 6.20 Å². The first-order valence-electron chi connectivity index (χ1n) is 3.58. The van der Waals surface area contributed by atoms with Gasteiger partial charge in [-0.3, -0.25) is 0 Å². The summed E-state index contributed by atoms with van der Waals surface area (Å²) in [6, 6.07) is 2.01. The molecule has 0 N–H and O–H groups in total. The smallest absolute Gasteiger partial charge is 0.131 e. The molecule has 3 heteroatoms. The largest absolute Gasteiger partial charge is 0.244 e. The molecule has 0 aliphatic carbocycles. The van der Waals surface area contributed by atoms with Crippen LogP contribution in [0.5, 0.6) is 0 Å². The van der Waals surface area contributed by atoms with Crippen molar-refractivity contribution in [2.24, 2.45) is 0 Å². The van der Waals surface area contributed by atoms with Crippen molar-refractivity contribution in [2.75, 3.05) is 5.33 Å². The van der Waals surface area contributed by atoms with Gasteiger partial charge in [-0.25, -0.2) is 4.98 Å². The number of aromatic nitrogens is 1. The minimum absolute atomic E-state index is 0.575. The number of pyridine rings is 1. The Morgan fingerprint density at radius 2 is 2.42 bits per heavy atom. The molecule has 1 nitrogen and oxygen atoms in total. The summed E-state index contributed by atoms with van der Waals surface area (Å²) >= 11 is 9.08. The number of alkyl halides is 1. The van der Waals surface area contributed by atoms with Crippen molar-refractivity contribution >= 4 is 33.6 Å². The Bertz CT molecular complexity index is 297. The molecule has 12 heavy (non-hydrogen) atoms. The van der Waals surface area contributed by atoms with Crippen molar-refractivity contribution in [2.45, 2.75) is 6.92 Å². The predicted octanol–water partition coefficient (Wildman–Crippen LogP) is 3.45. The van der Waals surface area contributed by atoms with Crippen LogP contribution >= 0.6 is 27.5 Å². The Morgan fingerprint density at radius 3 is 3.00 bits per heavy atom. The third-order valence-electron chi connectivity index (χ3n) is 1.43. The van der Waals surface area contributed by atoms with E-state index >= 15 is 0 Å². The second-order valence-corrected chi connectivity index (χ2v) is 3.44. The van der Waals surface area contributed by atoms with Gasteiger partial charge in [0.1, 0.15) is 5.15 Å². The van der Waals surface area contributed by atoms with Gasteiger partial charge < -0.3 is 0 Å². The molecule has 1 heterocycles. The third-order valence-corrected chi connectivity index (χ3v) is 2.20. The number of rotatable bonds is 2. The fourth-order valence-corrected chi connectivity index (χ4v) is 1.14. The maximum atomic E-state index is 5.77. The van der Waals surface area contributed by atoms with Crippen molar-refractivity contribution < 1.29 is 0 Å². The highest BCUT2D eigenvalue weighted by molar-refractivity contribution is 9.09. The molecule has 0 unspecified atom stereocenters. The first-order chi connectivity index (χ1) is 5.74. The second kappa shape index (κ2) is 4.63. The van der Waals surface area contributed by atoms with Gasteiger partial charge in [-0.1, -0.05) is 39.7 Å². The molecule has 0 saturated carbocycles. The van der Waals surface area contributed by atoms with E-state index < -0.39 is 0 Å². The molecule has 0 fully saturated rings. The van der Waals surface area contributed by atoms with E-state index in [1.807, 2.05) is 25.1 Å². The van der Waals surface area contributed by atoms with Crippen molar-refractivity contribution in [3.8, 4) is 0 Å². The highest BCUT2D eigenvalue weighted by atomic mass is 79.9. The Kier molecular flexibility index (Phi) is 3.76. The van der Waals surface area contributed by atoms with E-state index in [1.165, 1.54) is 0 Å². The SMILES string of the molecule is Cc1cc(C=CCBr)cnc1Cl. The molecular weight excluding hydrogens is 237 g/mol. The number of hydrogen-bond donors (Lipinski definition) is 0. The van der Waals surface area contributed by atoms with Crippen LogP contribution in [0.2, 0.25) is 5.15 Å². The molecule has 0 aliphatic heterocycles. The summed E-state index contributed by atoms with van der Waals surface area (Å²) < 4.78 is 0. The van der Waals surface area contributed by atoms with Crippen LogP contribution in [0.4, 0.5) is 0 Å². The Morgan fingerprint density at radius 1 is 1.67 bits per heavy atom. The van der Waals surface area contributed by atoms with Gasteiger partial charge in [-0.2, -0.15) is 0 Å². The second-order valence-electron chi connectivity index (χ2n) is 2.43. The summed E-state index contributed by atoms with van der Waals surface area (Å²) in [5.41, 5.74) is 2.09. The standard InChI is InChI=1S/C9H9BrClN/c1-7-5-8(3-2-4-10)6-12-9(7)11/h2-3,5-6H,4H2,1H3. The van der Waals surface area contributed by atoms with Crippen LogP contribution in [0, 0.1) is 6.92 Å². The normalized spacial score (nSPS) is 10.9. The lowest BCUT2D eigenvalue weighted by molar-refractivity contribution is 1.26. The zero-order chi connectivity index (χ0) is 8.97. The minimum Gasteiger partial charge on any atom is -0.244 e. The molecule has 1 aromatic rings. The molecule has 1 rings (SSSR count). The molecule has 0 saturated heterocycles. The van der Waals surface area contributed by atoms with Crippen molar-refractivity contribution in [3.63, 3.8) is 0 Å². The highest BCUT2D eigenvalue weighted by Gasteiger charge is 1.95. The minimum atomic E-state index is 0.575. The molecule has 0 atom stereocenters. The molecule has 0 bridgehead atoms. The van der Waals surface area contributed by atoms with Crippen LogP contribution in [-0.2, 0) is 0 Å². The lowest BCUT2D eigenvalue weighted by Gasteiger charge is -1.97. The van der Waals surface area contributed by atoms with E-state index in [0.29, 0.717) is 5.15 Å². The zero-order valence-corrected chi connectivity index (χ0v) is 9.06. The van der Waals surface area contributed by atoms with Gasteiger partial charge in [0.05, 0.1) is 0 Å². The number of allylic oxidation sites excluding steroid dienone is 1. The van der Waals surface area contributed by atoms with Gasteiger partial charge in [0.25, 0.3) is 0 Å². The lowest BCUT2D eigenvalue weighted by Crippen LogP contribution is -1.82. The quantitative estimate of drug-likeness (QED) is 0.575. The number of nitrogens with zero attached hydrogens (tertiary/aromatic N) is 1. The van der Waals surface area contributed by atoms with E-state index in [0.717, 1.165) is 16.5 Å². The summed E-state index contributed by atoms with van der Waals surface area (Å²) in [6.45, 7) is 1.95. The molecule has 1 aromatic heterocycles. The van der Waals surface area contributed by atoms with Crippen LogP contribution < -0.4 is 0 Å². The van der Waals surface area contributed by atoms with Crippen molar-refractivity contribution in [1.29, 1.82) is 0 Å². The molecule has 0 spiro atoms. The monoisotopic (exact) mass is 245 g/mol. The average molecular weight is 247 g/mol. The van der Waals surface area contributed by atoms with E-state index in [2.05, 4.69) is 20.9 Å². The maximum absolute atomic E-state index is 5.77. The molecule has 0 aromatic carbocycles. The maximum Gasteiger partial charge on any atom is 0.131 e. The fraction of sp³-hybridized carbons (Fsp3) is 0.222. The van der Waals surface area contributed by atoms with Crippen molar-refractivity contribution in [1.82, 2.24) is 4.98 Å². The van der Waals surface area contributed by atoms with Crippen LogP contribution in [-0.4, -0.2) is 10.3 Å². The predicted molar refractivity (Wildman–Crippen MR) is 56.8 cm³/mol. The number of aryl methyl sites for hydroxylation is 1. The average Bonchev–Trinajstić information content (AvgIpc) is 2.07. The number of halogens is 2. The Balaban J connectivity index is 2.89. The molecule has 0 aliphatic rings. The van der Waals surface area contributed by atoms with Gasteiger partial charge in [0.2, 0.25) is 0 Å². The first-order valence-corrected chi connectivity index (χ1v) is 5.08. The summed E-state index contributed by atoms with van der Waals surface area (Å²) in [4.78, 5) is 4.03. The molecule has 0 radical (unpaired) electrons. The fourth-order valence-electron chi connectivity index (χ4n) is 0.852. The number of hydrogen-bond acceptors (Lipinski definition) is 1. The topological polar surface area (TPSA) is 12.9 Å². The summed E-state index contributed by atoms with van der Waals surface area (Å²) in [7, 11) is 0. The van der Waals surface area contributed by atoms with Crippen LogP contribution in [0.1, 0.15) is 11.1 Å². The van der Waals surface area contributed by atoms with E-state index in [4.69, 9.17) is 11.6 Å². The van der Waals surface area contributed by atoms with Gasteiger partial charge in [-0.05, 0) is 24.1 Å². The summed E-state index contributed by atoms with van der Waals surface area (Å²) in [5, 5.41) is 1.43. The van der Waals surface area contributed by atoms with E-state index in [9.17, 15) is 0 Å². The summed E-state index contributed by atoms with van der Waals surface area (Å²) in [6.07, 6.45) is 5.78. The van der Waals surface area contributed by atoms with Gasteiger partial charge >= 0.3 is 0 Å². The van der Waals surface area contributed by atoms with E-state index in [-0.39, 0.29) is 0 Å². The zero-order valence-electron chi connectivity index (χ0n) is 6.72. The van der Waals surface area contributed by atoms with Crippen LogP contribution in [0.15, 0.2) is 18.3 Å². The van der Waals surface area contributed by atoms with Crippen molar-refractivity contribution in [3.05, 3.63) is 34.6 Å². The lowest BCUT2D eigenvalue weighted by atomic mass is 10.2. The van der Waals surface area contributed by atoms with Crippen LogP contribution in [0.3, 0.4) is 0 Å². The molecular formula is C9H9BrClN. The first kappa shape index (κ1) is 9.75. The van der Waals surface area contributed by atoms with Gasteiger partial charge in [0.15, 0.2) is 0 Å². The molecule has 0 amide bonds. The molecule has 64 valence electrons. The Hall–Kier alpha value is -0.340. The van der Waals surface area contributed by atoms with Gasteiger partial charge in [0, 0.05) is 11.5 Å². The van der Waals surface area contributed by atoms with Crippen LogP contribution in [0.25, 0.3) is 6.08 Å². The highest BCUT2D eigenvalue weighted by Crippen LogP contribution is 2.13. The summed E-state index contributed by atoms with van der Waals surface area (Å²) in [5.74, 6) is 0.